The van der Waals surface area contributed by atoms with Crippen molar-refractivity contribution in [1.29, 1.82) is 0 Å². The summed E-state index contributed by atoms with van der Waals surface area (Å²) in [6.07, 6.45) is 1.77. The second-order valence-electron chi connectivity index (χ2n) is 7.02. The van der Waals surface area contributed by atoms with Crippen molar-refractivity contribution < 1.29 is 18.4 Å². The van der Waals surface area contributed by atoms with Gasteiger partial charge in [-0.15, -0.1) is 0 Å². The van der Waals surface area contributed by atoms with E-state index >= 15 is 0 Å². The molecule has 0 aliphatic carbocycles. The topological polar surface area (TPSA) is 82.2 Å². The first-order chi connectivity index (χ1) is 15.0. The number of ether oxygens (including phenoxy) is 1. The van der Waals surface area contributed by atoms with Gasteiger partial charge in [-0.3, -0.25) is 4.79 Å². The summed E-state index contributed by atoms with van der Waals surface area (Å²) in [6, 6.07) is 16.8. The van der Waals surface area contributed by atoms with Crippen LogP contribution in [0.25, 0.3) is 23.0 Å². The lowest BCUT2D eigenvalue weighted by atomic mass is 10.1. The molecule has 8 heteroatoms. The van der Waals surface area contributed by atoms with Crippen LogP contribution in [0.15, 0.2) is 71.4 Å². The molecule has 0 aliphatic heterocycles. The first-order valence-corrected chi connectivity index (χ1v) is 9.72. The van der Waals surface area contributed by atoms with E-state index in [1.54, 1.807) is 42.1 Å². The number of halogens is 1. The average Bonchev–Trinajstić information content (AvgIpc) is 3.43. The number of nitrogens with zero attached hydrogens (tertiary/aromatic N) is 3. The molecule has 0 radical (unpaired) electrons. The molecule has 0 fully saturated rings. The summed E-state index contributed by atoms with van der Waals surface area (Å²) in [5, 5.41) is 6.95. The minimum Gasteiger partial charge on any atom is -0.497 e. The Morgan fingerprint density at radius 3 is 2.77 bits per heavy atom. The van der Waals surface area contributed by atoms with E-state index in [1.165, 1.54) is 12.1 Å². The van der Waals surface area contributed by atoms with Crippen LogP contribution in [0.5, 0.6) is 5.75 Å². The van der Waals surface area contributed by atoms with Gasteiger partial charge in [0.15, 0.2) is 0 Å². The summed E-state index contributed by atoms with van der Waals surface area (Å²) >= 11 is 0. The maximum absolute atomic E-state index is 13.1. The zero-order valence-corrected chi connectivity index (χ0v) is 17.1. The highest BCUT2D eigenvalue weighted by Crippen LogP contribution is 2.23. The highest BCUT2D eigenvalue weighted by molar-refractivity contribution is 5.77. The van der Waals surface area contributed by atoms with Crippen LogP contribution in [0.4, 0.5) is 4.39 Å². The van der Waals surface area contributed by atoms with E-state index in [1.807, 2.05) is 31.2 Å². The summed E-state index contributed by atoms with van der Waals surface area (Å²) in [7, 11) is 1.61. The number of hydrogen-bond acceptors (Lipinski definition) is 5. The number of benzene rings is 2. The predicted octanol–water partition coefficient (Wildman–Crippen LogP) is 4.23. The summed E-state index contributed by atoms with van der Waals surface area (Å²) in [5.74, 6) is 0.859. The Balaban J connectivity index is 1.46. The van der Waals surface area contributed by atoms with Crippen molar-refractivity contribution in [3.63, 3.8) is 0 Å². The van der Waals surface area contributed by atoms with Crippen LogP contribution >= 0.6 is 0 Å². The second kappa shape index (κ2) is 8.83. The van der Waals surface area contributed by atoms with Crippen molar-refractivity contribution in [3.05, 3.63) is 78.2 Å². The van der Waals surface area contributed by atoms with Gasteiger partial charge in [-0.05, 0) is 61.0 Å². The number of carbonyl (C=O) groups excluding carboxylic acids is 1. The molecule has 4 rings (SSSR count). The maximum atomic E-state index is 13.1. The molecule has 1 amide bonds. The molecule has 1 atom stereocenters. The van der Waals surface area contributed by atoms with E-state index < -0.39 is 0 Å². The van der Waals surface area contributed by atoms with Crippen LogP contribution in [-0.4, -0.2) is 27.7 Å². The van der Waals surface area contributed by atoms with Crippen LogP contribution in [0, 0.1) is 5.82 Å². The number of nitrogens with one attached hydrogen (secondary N) is 1. The summed E-state index contributed by atoms with van der Waals surface area (Å²) in [4.78, 5) is 17.0. The Bertz CT molecular complexity index is 1180. The van der Waals surface area contributed by atoms with E-state index in [-0.39, 0.29) is 30.2 Å². The minimum absolute atomic E-state index is 0.0882. The predicted molar refractivity (Wildman–Crippen MR) is 113 cm³/mol. The molecule has 1 N–H and O–H groups in total. The van der Waals surface area contributed by atoms with Gasteiger partial charge in [-0.1, -0.05) is 17.3 Å². The van der Waals surface area contributed by atoms with Gasteiger partial charge in [0.05, 0.1) is 13.2 Å². The van der Waals surface area contributed by atoms with Crippen molar-refractivity contribution in [2.45, 2.75) is 19.5 Å². The third-order valence-corrected chi connectivity index (χ3v) is 4.86. The fourth-order valence-corrected chi connectivity index (χ4v) is 3.23. The van der Waals surface area contributed by atoms with Crippen molar-refractivity contribution in [2.75, 3.05) is 7.11 Å². The van der Waals surface area contributed by atoms with Gasteiger partial charge in [0, 0.05) is 11.8 Å². The second-order valence-corrected chi connectivity index (χ2v) is 7.02. The lowest BCUT2D eigenvalue weighted by Crippen LogP contribution is -2.30. The van der Waals surface area contributed by atoms with Gasteiger partial charge < -0.3 is 19.1 Å². The molecule has 0 spiro atoms. The number of aromatic nitrogens is 3. The molecule has 7 nitrogen and oxygen atoms in total. The van der Waals surface area contributed by atoms with Gasteiger partial charge in [-0.2, -0.15) is 4.98 Å². The van der Waals surface area contributed by atoms with Gasteiger partial charge >= 0.3 is 0 Å². The Morgan fingerprint density at radius 1 is 1.19 bits per heavy atom. The fraction of sp³-hybridized carbons (Fsp3) is 0.174. The van der Waals surface area contributed by atoms with Crippen LogP contribution in [0.2, 0.25) is 0 Å². The third kappa shape index (κ3) is 4.63. The number of amides is 1. The largest absolute Gasteiger partial charge is 0.497 e. The molecule has 31 heavy (non-hydrogen) atoms. The molecule has 158 valence electrons. The van der Waals surface area contributed by atoms with E-state index in [0.717, 1.165) is 11.3 Å². The van der Waals surface area contributed by atoms with Crippen molar-refractivity contribution in [1.82, 2.24) is 20.0 Å². The number of carbonyl (C=O) groups is 1. The lowest BCUT2D eigenvalue weighted by Gasteiger charge is -2.16. The lowest BCUT2D eigenvalue weighted by molar-refractivity contribution is -0.122. The molecular weight excluding hydrogens is 399 g/mol. The van der Waals surface area contributed by atoms with Gasteiger partial charge in [-0.25, -0.2) is 4.39 Å². The molecule has 2 heterocycles. The average molecular weight is 420 g/mol. The Hall–Kier alpha value is -3.94. The molecule has 0 saturated heterocycles. The van der Waals surface area contributed by atoms with Crippen molar-refractivity contribution >= 4 is 5.91 Å². The fourth-order valence-electron chi connectivity index (χ4n) is 3.23. The number of methoxy groups -OCH3 is 1. The van der Waals surface area contributed by atoms with Gasteiger partial charge in [0.2, 0.25) is 11.7 Å². The van der Waals surface area contributed by atoms with Crippen LogP contribution < -0.4 is 10.1 Å². The van der Waals surface area contributed by atoms with Crippen molar-refractivity contribution in [2.24, 2.45) is 0 Å². The molecular formula is C23H21FN4O3. The van der Waals surface area contributed by atoms with Gasteiger partial charge in [0.25, 0.3) is 5.89 Å². The third-order valence-electron chi connectivity index (χ3n) is 4.86. The van der Waals surface area contributed by atoms with Crippen LogP contribution in [0.3, 0.4) is 0 Å². The Morgan fingerprint density at radius 2 is 2.00 bits per heavy atom. The molecule has 0 unspecified atom stereocenters. The monoisotopic (exact) mass is 420 g/mol. The molecule has 0 bridgehead atoms. The van der Waals surface area contributed by atoms with Crippen LogP contribution in [0.1, 0.15) is 18.5 Å². The first-order valence-electron chi connectivity index (χ1n) is 9.72. The molecule has 4 aromatic rings. The minimum atomic E-state index is -0.337. The molecule has 2 aromatic heterocycles. The van der Waals surface area contributed by atoms with E-state index in [4.69, 9.17) is 9.26 Å². The quantitative estimate of drug-likeness (QED) is 0.484. The standard InChI is InChI=1S/C23H21FN4O3/c1-15(17-5-3-6-19(13-17)30-2)25-21(29)14-28-12-4-7-20(28)23-26-22(27-31-23)16-8-10-18(24)11-9-16/h3-13,15H,14H2,1-2H3,(H,25,29)/t15-/m1/s1. The van der Waals surface area contributed by atoms with E-state index in [9.17, 15) is 9.18 Å². The SMILES string of the molecule is COc1cccc([C@@H](C)NC(=O)Cn2cccc2-c2nc(-c3ccc(F)cc3)no2)c1. The summed E-state index contributed by atoms with van der Waals surface area (Å²) in [6.45, 7) is 2.00. The number of rotatable bonds is 7. The van der Waals surface area contributed by atoms with E-state index in [2.05, 4.69) is 15.5 Å². The summed E-state index contributed by atoms with van der Waals surface area (Å²) < 4.78 is 25.5. The Labute approximate surface area is 178 Å². The summed E-state index contributed by atoms with van der Waals surface area (Å²) in [5.41, 5.74) is 2.20. The smallest absolute Gasteiger partial charge is 0.274 e. The van der Waals surface area contributed by atoms with Crippen LogP contribution in [-0.2, 0) is 11.3 Å². The first kappa shape index (κ1) is 20.3. The zero-order chi connectivity index (χ0) is 21.8. The molecule has 0 saturated carbocycles. The highest BCUT2D eigenvalue weighted by atomic mass is 19.1. The highest BCUT2D eigenvalue weighted by Gasteiger charge is 2.17. The molecule has 2 aromatic carbocycles. The number of hydrogen-bond donors (Lipinski definition) is 1. The molecule has 0 aliphatic rings. The van der Waals surface area contributed by atoms with Gasteiger partial charge in [0.1, 0.15) is 23.8 Å². The van der Waals surface area contributed by atoms with E-state index in [0.29, 0.717) is 17.1 Å². The zero-order valence-electron chi connectivity index (χ0n) is 17.1. The van der Waals surface area contributed by atoms with Crippen molar-refractivity contribution in [3.8, 4) is 28.7 Å². The maximum Gasteiger partial charge on any atom is 0.274 e. The normalized spacial score (nSPS) is 11.8. The Kier molecular flexibility index (Phi) is 5.79.